The van der Waals surface area contributed by atoms with Crippen LogP contribution in [0.15, 0.2) is 23.0 Å². The van der Waals surface area contributed by atoms with E-state index >= 15 is 0 Å². The highest BCUT2D eigenvalue weighted by atomic mass is 16.5. The average molecular weight is 329 g/mol. The normalized spacial score (nSPS) is 9.96. The first kappa shape index (κ1) is 17.3. The fourth-order valence-corrected chi connectivity index (χ4v) is 2.23. The van der Waals surface area contributed by atoms with Crippen LogP contribution in [0.4, 0.5) is 5.82 Å². The standard InChI is InChI=1S/C17H19N3O4/c1-11-13(7-9-21)20-16(17(22)19-11)18-8-6-12-4-5-14(23-2)15(10-12)24-3/h4-5,7,10H,6,8H2,1-3H3,(H,18,20)(H,19,22). The van der Waals surface area contributed by atoms with E-state index in [4.69, 9.17) is 9.47 Å². The summed E-state index contributed by atoms with van der Waals surface area (Å²) >= 11 is 0. The summed E-state index contributed by atoms with van der Waals surface area (Å²) in [5.74, 6) is 3.15. The minimum atomic E-state index is -0.331. The molecule has 0 bridgehead atoms. The molecular weight excluding hydrogens is 310 g/mol. The minimum absolute atomic E-state index is 0.169. The molecule has 1 aromatic carbocycles. The van der Waals surface area contributed by atoms with Gasteiger partial charge in [-0.1, -0.05) is 6.07 Å². The summed E-state index contributed by atoms with van der Waals surface area (Å²) in [5, 5.41) is 2.98. The molecule has 0 spiro atoms. The van der Waals surface area contributed by atoms with Gasteiger partial charge in [0.05, 0.1) is 19.9 Å². The molecule has 0 atom stereocenters. The lowest BCUT2D eigenvalue weighted by atomic mass is 10.1. The van der Waals surface area contributed by atoms with Gasteiger partial charge in [0.1, 0.15) is 5.94 Å². The topological polar surface area (TPSA) is 93.3 Å². The quantitative estimate of drug-likeness (QED) is 0.750. The first-order valence-electron chi connectivity index (χ1n) is 7.35. The highest BCUT2D eigenvalue weighted by Gasteiger charge is 2.07. The van der Waals surface area contributed by atoms with Crippen molar-refractivity contribution in [2.75, 3.05) is 26.1 Å². The Morgan fingerprint density at radius 3 is 2.71 bits per heavy atom. The molecule has 0 aliphatic heterocycles. The van der Waals surface area contributed by atoms with E-state index in [1.807, 2.05) is 18.2 Å². The van der Waals surface area contributed by atoms with Crippen molar-refractivity contribution in [2.24, 2.45) is 0 Å². The molecule has 0 aliphatic carbocycles. The van der Waals surface area contributed by atoms with E-state index in [0.717, 1.165) is 5.56 Å². The second-order valence-electron chi connectivity index (χ2n) is 5.05. The van der Waals surface area contributed by atoms with Gasteiger partial charge in [0.2, 0.25) is 0 Å². The number of aromatic amines is 1. The number of nitrogens with zero attached hydrogens (tertiary/aromatic N) is 1. The Balaban J connectivity index is 2.08. The van der Waals surface area contributed by atoms with Crippen molar-refractivity contribution >= 4 is 17.8 Å². The van der Waals surface area contributed by atoms with E-state index in [9.17, 15) is 9.59 Å². The molecule has 24 heavy (non-hydrogen) atoms. The van der Waals surface area contributed by atoms with Gasteiger partial charge in [-0.2, -0.15) is 0 Å². The van der Waals surface area contributed by atoms with Crippen molar-refractivity contribution in [3.05, 3.63) is 45.5 Å². The van der Waals surface area contributed by atoms with Crippen LogP contribution >= 0.6 is 0 Å². The maximum Gasteiger partial charge on any atom is 0.290 e. The summed E-state index contributed by atoms with van der Waals surface area (Å²) in [6.45, 7) is 2.17. The highest BCUT2D eigenvalue weighted by molar-refractivity contribution is 5.74. The number of methoxy groups -OCH3 is 2. The van der Waals surface area contributed by atoms with Crippen molar-refractivity contribution in [2.45, 2.75) is 13.3 Å². The van der Waals surface area contributed by atoms with E-state index in [2.05, 4.69) is 15.3 Å². The number of H-pyrrole nitrogens is 1. The van der Waals surface area contributed by atoms with E-state index in [1.165, 1.54) is 6.08 Å². The Hall–Kier alpha value is -3.05. The molecule has 1 aromatic heterocycles. The number of rotatable bonds is 7. The zero-order valence-electron chi connectivity index (χ0n) is 13.8. The molecule has 0 aliphatic rings. The van der Waals surface area contributed by atoms with Crippen molar-refractivity contribution < 1.29 is 14.3 Å². The Bertz CT molecular complexity index is 823. The predicted octanol–water partition coefficient (Wildman–Crippen LogP) is 1.59. The maximum atomic E-state index is 11.9. The van der Waals surface area contributed by atoms with E-state index in [-0.39, 0.29) is 11.4 Å². The van der Waals surface area contributed by atoms with Crippen LogP contribution in [0.2, 0.25) is 0 Å². The molecule has 0 radical (unpaired) electrons. The molecule has 2 rings (SSSR count). The predicted molar refractivity (Wildman–Crippen MR) is 91.5 cm³/mol. The molecule has 2 aromatic rings. The van der Waals surface area contributed by atoms with Crippen LogP contribution in [-0.2, 0) is 11.2 Å². The first-order chi connectivity index (χ1) is 11.6. The summed E-state index contributed by atoms with van der Waals surface area (Å²) in [5.41, 5.74) is 1.60. The van der Waals surface area contributed by atoms with Crippen molar-refractivity contribution in [3.8, 4) is 11.5 Å². The van der Waals surface area contributed by atoms with Crippen LogP contribution in [0.5, 0.6) is 11.5 Å². The first-order valence-corrected chi connectivity index (χ1v) is 7.35. The zero-order valence-corrected chi connectivity index (χ0v) is 13.8. The fraction of sp³-hybridized carbons (Fsp3) is 0.294. The van der Waals surface area contributed by atoms with Crippen LogP contribution in [0, 0.1) is 6.92 Å². The molecule has 1 heterocycles. The number of ether oxygens (including phenoxy) is 2. The van der Waals surface area contributed by atoms with Gasteiger partial charge in [-0.15, -0.1) is 0 Å². The summed E-state index contributed by atoms with van der Waals surface area (Å²) in [7, 11) is 3.16. The molecule has 7 heteroatoms. The number of hydrogen-bond acceptors (Lipinski definition) is 6. The van der Waals surface area contributed by atoms with Crippen molar-refractivity contribution in [3.63, 3.8) is 0 Å². The van der Waals surface area contributed by atoms with Gasteiger partial charge in [-0.25, -0.2) is 9.78 Å². The minimum Gasteiger partial charge on any atom is -0.493 e. The van der Waals surface area contributed by atoms with Crippen LogP contribution in [0.3, 0.4) is 0 Å². The molecule has 0 saturated carbocycles. The number of nitrogens with one attached hydrogen (secondary N) is 2. The highest BCUT2D eigenvalue weighted by Crippen LogP contribution is 2.27. The lowest BCUT2D eigenvalue weighted by Gasteiger charge is -2.10. The molecular formula is C17H19N3O4. The number of benzene rings is 1. The number of anilines is 1. The summed E-state index contributed by atoms with van der Waals surface area (Å²) in [4.78, 5) is 29.2. The van der Waals surface area contributed by atoms with E-state index in [1.54, 1.807) is 27.1 Å². The molecule has 0 saturated heterocycles. The van der Waals surface area contributed by atoms with Crippen LogP contribution in [0.25, 0.3) is 6.08 Å². The lowest BCUT2D eigenvalue weighted by Crippen LogP contribution is -2.20. The molecule has 0 unspecified atom stereocenters. The SMILES string of the molecule is COc1ccc(CCNc2nc(C=C=O)c(C)[nH]c2=O)cc1OC. The third-order valence-electron chi connectivity index (χ3n) is 3.48. The Kier molecular flexibility index (Phi) is 5.76. The van der Waals surface area contributed by atoms with Gasteiger partial charge in [0, 0.05) is 18.3 Å². The summed E-state index contributed by atoms with van der Waals surface area (Å²) in [6.07, 6.45) is 1.85. The summed E-state index contributed by atoms with van der Waals surface area (Å²) in [6, 6.07) is 5.64. The van der Waals surface area contributed by atoms with Gasteiger partial charge < -0.3 is 19.8 Å². The number of carbonyl (C=O) groups excluding carboxylic acids is 1. The largest absolute Gasteiger partial charge is 0.493 e. The van der Waals surface area contributed by atoms with Gasteiger partial charge in [0.25, 0.3) is 5.56 Å². The molecule has 126 valence electrons. The number of aromatic nitrogens is 2. The van der Waals surface area contributed by atoms with Gasteiger partial charge in [-0.05, 0) is 31.0 Å². The smallest absolute Gasteiger partial charge is 0.290 e. The lowest BCUT2D eigenvalue weighted by molar-refractivity contribution is 0.354. The Labute approximate surface area is 139 Å². The Morgan fingerprint density at radius 1 is 1.29 bits per heavy atom. The number of aryl methyl sites for hydroxylation is 1. The fourth-order valence-electron chi connectivity index (χ4n) is 2.23. The second kappa shape index (κ2) is 7.99. The maximum absolute atomic E-state index is 11.9. The third kappa shape index (κ3) is 4.02. The molecule has 0 amide bonds. The second-order valence-corrected chi connectivity index (χ2v) is 5.05. The van der Waals surface area contributed by atoms with Crippen molar-refractivity contribution in [1.82, 2.24) is 9.97 Å². The average Bonchev–Trinajstić information content (AvgIpc) is 2.58. The van der Waals surface area contributed by atoms with Gasteiger partial charge >= 0.3 is 0 Å². The number of hydrogen-bond donors (Lipinski definition) is 2. The van der Waals surface area contributed by atoms with Crippen LogP contribution < -0.4 is 20.3 Å². The summed E-state index contributed by atoms with van der Waals surface area (Å²) < 4.78 is 10.5. The van der Waals surface area contributed by atoms with Crippen molar-refractivity contribution in [1.29, 1.82) is 0 Å². The van der Waals surface area contributed by atoms with Crippen LogP contribution in [0.1, 0.15) is 17.0 Å². The Morgan fingerprint density at radius 2 is 2.04 bits per heavy atom. The third-order valence-corrected chi connectivity index (χ3v) is 3.48. The molecule has 7 nitrogen and oxygen atoms in total. The molecule has 0 fully saturated rings. The monoisotopic (exact) mass is 329 g/mol. The van der Waals surface area contributed by atoms with E-state index < -0.39 is 0 Å². The molecule has 2 N–H and O–H groups in total. The van der Waals surface area contributed by atoms with Gasteiger partial charge in [0.15, 0.2) is 17.3 Å². The van der Waals surface area contributed by atoms with Crippen LogP contribution in [-0.4, -0.2) is 36.7 Å². The van der Waals surface area contributed by atoms with E-state index in [0.29, 0.717) is 35.9 Å². The van der Waals surface area contributed by atoms with Gasteiger partial charge in [-0.3, -0.25) is 4.79 Å². The zero-order chi connectivity index (χ0) is 17.5.